The maximum Gasteiger partial charge on any atom is 0.0951 e. The van der Waals surface area contributed by atoms with Crippen LogP contribution in [0.4, 0.5) is 5.69 Å². The van der Waals surface area contributed by atoms with Gasteiger partial charge in [0.15, 0.2) is 0 Å². The lowest BCUT2D eigenvalue weighted by Crippen LogP contribution is -2.03. The Labute approximate surface area is 117 Å². The monoisotopic (exact) mass is 265 g/mol. The summed E-state index contributed by atoms with van der Waals surface area (Å²) in [5.41, 5.74) is 9.87. The standard InChI is InChI=1S/C15H15N5/c16-14-3-7-18-9-13(14)15-10-19-11-20(15)8-4-12-1-5-17-6-2-12/h1-3,5-7,9-11H,4,8H2,(H2,16,18). The summed E-state index contributed by atoms with van der Waals surface area (Å²) in [7, 11) is 0. The van der Waals surface area contributed by atoms with Gasteiger partial charge in [-0.25, -0.2) is 4.98 Å². The van der Waals surface area contributed by atoms with Crippen molar-refractivity contribution in [3.8, 4) is 11.3 Å². The van der Waals surface area contributed by atoms with Crippen molar-refractivity contribution in [2.75, 3.05) is 5.73 Å². The van der Waals surface area contributed by atoms with Gasteiger partial charge in [-0.1, -0.05) is 0 Å². The van der Waals surface area contributed by atoms with E-state index in [-0.39, 0.29) is 0 Å². The van der Waals surface area contributed by atoms with E-state index in [2.05, 4.69) is 19.5 Å². The first-order valence-corrected chi connectivity index (χ1v) is 6.43. The van der Waals surface area contributed by atoms with E-state index in [1.807, 2.05) is 37.1 Å². The second kappa shape index (κ2) is 5.52. The van der Waals surface area contributed by atoms with Crippen molar-refractivity contribution in [3.63, 3.8) is 0 Å². The van der Waals surface area contributed by atoms with Crippen LogP contribution >= 0.6 is 0 Å². The predicted molar refractivity (Wildman–Crippen MR) is 77.8 cm³/mol. The highest BCUT2D eigenvalue weighted by atomic mass is 15.0. The molecule has 5 heteroatoms. The molecule has 0 aliphatic rings. The van der Waals surface area contributed by atoms with Gasteiger partial charge in [-0.05, 0) is 30.2 Å². The van der Waals surface area contributed by atoms with Gasteiger partial charge in [-0.15, -0.1) is 0 Å². The molecule has 0 aromatic carbocycles. The van der Waals surface area contributed by atoms with Crippen LogP contribution in [0.15, 0.2) is 55.5 Å². The number of aryl methyl sites for hydroxylation is 2. The van der Waals surface area contributed by atoms with Gasteiger partial charge in [-0.3, -0.25) is 9.97 Å². The molecular formula is C15H15N5. The van der Waals surface area contributed by atoms with Gasteiger partial charge in [0.25, 0.3) is 0 Å². The number of hydrogen-bond acceptors (Lipinski definition) is 4. The molecule has 0 aliphatic heterocycles. The summed E-state index contributed by atoms with van der Waals surface area (Å²) in [4.78, 5) is 12.4. The minimum atomic E-state index is 0.714. The summed E-state index contributed by atoms with van der Waals surface area (Å²) in [5.74, 6) is 0. The van der Waals surface area contributed by atoms with Crippen molar-refractivity contribution >= 4 is 5.69 Å². The van der Waals surface area contributed by atoms with E-state index in [0.717, 1.165) is 24.2 Å². The number of nitrogens with zero attached hydrogens (tertiary/aromatic N) is 4. The Morgan fingerprint density at radius 2 is 1.75 bits per heavy atom. The van der Waals surface area contributed by atoms with Gasteiger partial charge < -0.3 is 10.3 Å². The predicted octanol–water partition coefficient (Wildman–Crippen LogP) is 2.17. The van der Waals surface area contributed by atoms with Crippen LogP contribution in [0.3, 0.4) is 0 Å². The molecule has 3 aromatic heterocycles. The molecule has 20 heavy (non-hydrogen) atoms. The number of imidazole rings is 1. The van der Waals surface area contributed by atoms with E-state index < -0.39 is 0 Å². The summed E-state index contributed by atoms with van der Waals surface area (Å²) in [6.07, 6.45) is 11.6. The van der Waals surface area contributed by atoms with Crippen molar-refractivity contribution in [3.05, 3.63) is 61.1 Å². The fraction of sp³-hybridized carbons (Fsp3) is 0.133. The van der Waals surface area contributed by atoms with Gasteiger partial charge in [-0.2, -0.15) is 0 Å². The lowest BCUT2D eigenvalue weighted by molar-refractivity contribution is 0.701. The Balaban J connectivity index is 1.83. The fourth-order valence-corrected chi connectivity index (χ4v) is 2.14. The molecule has 0 saturated heterocycles. The lowest BCUT2D eigenvalue weighted by atomic mass is 10.1. The molecule has 0 atom stereocenters. The van der Waals surface area contributed by atoms with Crippen molar-refractivity contribution in [1.82, 2.24) is 19.5 Å². The van der Waals surface area contributed by atoms with Crippen LogP contribution in [0, 0.1) is 0 Å². The van der Waals surface area contributed by atoms with Gasteiger partial charge in [0.2, 0.25) is 0 Å². The maximum atomic E-state index is 6.00. The molecule has 2 N–H and O–H groups in total. The molecule has 0 aliphatic carbocycles. The molecule has 0 unspecified atom stereocenters. The van der Waals surface area contributed by atoms with E-state index in [9.17, 15) is 0 Å². The molecule has 100 valence electrons. The smallest absolute Gasteiger partial charge is 0.0951 e. The molecule has 0 saturated carbocycles. The summed E-state index contributed by atoms with van der Waals surface area (Å²) in [6.45, 7) is 0.841. The number of pyridine rings is 2. The molecule has 3 aromatic rings. The summed E-state index contributed by atoms with van der Waals surface area (Å²) < 4.78 is 2.09. The van der Waals surface area contributed by atoms with Crippen molar-refractivity contribution in [2.24, 2.45) is 0 Å². The number of nitrogen functional groups attached to an aromatic ring is 1. The first-order chi connectivity index (χ1) is 9.84. The second-order valence-electron chi connectivity index (χ2n) is 4.54. The average Bonchev–Trinajstić information content (AvgIpc) is 2.95. The van der Waals surface area contributed by atoms with Crippen LogP contribution in [-0.2, 0) is 13.0 Å². The zero-order valence-corrected chi connectivity index (χ0v) is 11.0. The third-order valence-corrected chi connectivity index (χ3v) is 3.23. The fourth-order valence-electron chi connectivity index (χ4n) is 2.14. The number of anilines is 1. The molecule has 0 spiro atoms. The second-order valence-corrected chi connectivity index (χ2v) is 4.54. The highest BCUT2D eigenvalue weighted by Crippen LogP contribution is 2.24. The molecular weight excluding hydrogens is 250 g/mol. The van der Waals surface area contributed by atoms with Gasteiger partial charge in [0, 0.05) is 42.6 Å². The molecule has 3 rings (SSSR count). The number of aromatic nitrogens is 4. The van der Waals surface area contributed by atoms with E-state index >= 15 is 0 Å². The number of rotatable bonds is 4. The largest absolute Gasteiger partial charge is 0.398 e. The van der Waals surface area contributed by atoms with Crippen molar-refractivity contribution in [1.29, 1.82) is 0 Å². The summed E-state index contributed by atoms with van der Waals surface area (Å²) in [5, 5.41) is 0. The van der Waals surface area contributed by atoms with Crippen molar-refractivity contribution in [2.45, 2.75) is 13.0 Å². The third kappa shape index (κ3) is 2.51. The summed E-state index contributed by atoms with van der Waals surface area (Å²) >= 11 is 0. The van der Waals surface area contributed by atoms with Crippen LogP contribution in [0.2, 0.25) is 0 Å². The first-order valence-electron chi connectivity index (χ1n) is 6.43. The Hall–Kier alpha value is -2.69. The number of hydrogen-bond donors (Lipinski definition) is 1. The average molecular weight is 265 g/mol. The molecule has 0 amide bonds. The molecule has 3 heterocycles. The molecule has 5 nitrogen and oxygen atoms in total. The normalized spacial score (nSPS) is 10.6. The van der Waals surface area contributed by atoms with Crippen LogP contribution in [-0.4, -0.2) is 19.5 Å². The highest BCUT2D eigenvalue weighted by molar-refractivity contribution is 5.72. The first kappa shape index (κ1) is 12.3. The topological polar surface area (TPSA) is 69.6 Å². The third-order valence-electron chi connectivity index (χ3n) is 3.23. The van der Waals surface area contributed by atoms with Gasteiger partial charge in [0.1, 0.15) is 0 Å². The molecule has 0 fully saturated rings. The highest BCUT2D eigenvalue weighted by Gasteiger charge is 2.08. The Bertz CT molecular complexity index is 690. The Morgan fingerprint density at radius 1 is 0.950 bits per heavy atom. The summed E-state index contributed by atoms with van der Waals surface area (Å²) in [6, 6.07) is 5.85. The van der Waals surface area contributed by atoms with E-state index in [1.54, 1.807) is 18.5 Å². The molecule has 0 bridgehead atoms. The van der Waals surface area contributed by atoms with E-state index in [1.165, 1.54) is 5.56 Å². The Morgan fingerprint density at radius 3 is 2.55 bits per heavy atom. The molecule has 0 radical (unpaired) electrons. The van der Waals surface area contributed by atoms with Crippen LogP contribution in [0.5, 0.6) is 0 Å². The van der Waals surface area contributed by atoms with Crippen molar-refractivity contribution < 1.29 is 0 Å². The lowest BCUT2D eigenvalue weighted by Gasteiger charge is -2.09. The van der Waals surface area contributed by atoms with E-state index in [0.29, 0.717) is 5.69 Å². The van der Waals surface area contributed by atoms with E-state index in [4.69, 9.17) is 5.73 Å². The minimum absolute atomic E-state index is 0.714. The zero-order valence-electron chi connectivity index (χ0n) is 11.0. The van der Waals surface area contributed by atoms with Crippen LogP contribution in [0.25, 0.3) is 11.3 Å². The Kier molecular flexibility index (Phi) is 3.41. The maximum absolute atomic E-state index is 6.00. The SMILES string of the molecule is Nc1ccncc1-c1cncn1CCc1ccncc1. The zero-order chi connectivity index (χ0) is 13.8. The van der Waals surface area contributed by atoms with Gasteiger partial charge >= 0.3 is 0 Å². The van der Waals surface area contributed by atoms with Gasteiger partial charge in [0.05, 0.1) is 18.2 Å². The van der Waals surface area contributed by atoms with Crippen LogP contribution < -0.4 is 5.73 Å². The minimum Gasteiger partial charge on any atom is -0.398 e. The quantitative estimate of drug-likeness (QED) is 0.784. The van der Waals surface area contributed by atoms with Crippen LogP contribution in [0.1, 0.15) is 5.56 Å². The number of nitrogens with two attached hydrogens (primary N) is 1.